The van der Waals surface area contributed by atoms with Gasteiger partial charge in [0.05, 0.1) is 11.2 Å². The fourth-order valence-corrected chi connectivity index (χ4v) is 3.87. The quantitative estimate of drug-likeness (QED) is 0.589. The van der Waals surface area contributed by atoms with E-state index in [9.17, 15) is 4.39 Å². The predicted octanol–water partition coefficient (Wildman–Crippen LogP) is 5.23. The molecule has 1 saturated heterocycles. The fourth-order valence-electron chi connectivity index (χ4n) is 3.87. The number of nitrogens with zero attached hydrogens (tertiary/aromatic N) is 1. The number of fused-ring (bicyclic) bond motifs is 1. The first-order chi connectivity index (χ1) is 13.3. The molecule has 1 aliphatic rings. The highest BCUT2D eigenvalue weighted by Crippen LogP contribution is 2.28. The van der Waals surface area contributed by atoms with E-state index in [0.29, 0.717) is 0 Å². The highest BCUT2D eigenvalue weighted by atomic mass is 19.1. The lowest BCUT2D eigenvalue weighted by Gasteiger charge is -2.22. The molecular weight excluding hydrogens is 337 g/mol. The van der Waals surface area contributed by atoms with Gasteiger partial charge in [0.25, 0.3) is 0 Å². The Morgan fingerprint density at radius 3 is 2.78 bits per heavy atom. The maximum atomic E-state index is 13.3. The Morgan fingerprint density at radius 1 is 1.11 bits per heavy atom. The monoisotopic (exact) mass is 363 g/mol. The molecule has 3 nitrogen and oxygen atoms in total. The average Bonchev–Trinajstić information content (AvgIpc) is 2.72. The van der Waals surface area contributed by atoms with E-state index in [4.69, 9.17) is 4.98 Å². The number of hydrogen-bond acceptors (Lipinski definition) is 3. The molecule has 3 aromatic rings. The number of benzene rings is 2. The van der Waals surface area contributed by atoms with Crippen molar-refractivity contribution in [3.05, 3.63) is 60.4 Å². The van der Waals surface area contributed by atoms with Crippen LogP contribution in [0.1, 0.15) is 25.7 Å². The zero-order valence-electron chi connectivity index (χ0n) is 15.5. The molecule has 0 aliphatic carbocycles. The number of anilines is 1. The first-order valence-electron chi connectivity index (χ1n) is 9.90. The van der Waals surface area contributed by atoms with Crippen molar-refractivity contribution in [2.24, 2.45) is 5.92 Å². The summed E-state index contributed by atoms with van der Waals surface area (Å²) in [6.07, 6.45) is 5.07. The normalized spacial score (nSPS) is 17.1. The number of para-hydroxylation sites is 1. The lowest BCUT2D eigenvalue weighted by Crippen LogP contribution is -2.29. The number of nitrogens with one attached hydrogen (secondary N) is 2. The van der Waals surface area contributed by atoms with E-state index in [1.54, 1.807) is 12.1 Å². The molecule has 27 heavy (non-hydrogen) atoms. The first kappa shape index (κ1) is 17.9. The molecule has 0 saturated carbocycles. The minimum atomic E-state index is -0.227. The summed E-state index contributed by atoms with van der Waals surface area (Å²) in [6, 6.07) is 16.8. The number of hydrogen-bond donors (Lipinski definition) is 2. The lowest BCUT2D eigenvalue weighted by atomic mass is 9.95. The summed E-state index contributed by atoms with van der Waals surface area (Å²) in [6.45, 7) is 3.28. The van der Waals surface area contributed by atoms with Gasteiger partial charge in [-0.25, -0.2) is 9.37 Å². The number of rotatable bonds is 6. The summed E-state index contributed by atoms with van der Waals surface area (Å²) in [7, 11) is 0. The number of pyridine rings is 1. The standard InChI is InChI=1S/C23H26FN3/c24-19-11-9-18(10-12-19)22-15-23(20-7-1-2-8-21(20)27-22)26-14-4-6-17-5-3-13-25-16-17/h1-2,7-12,15,17,25H,3-6,13-14,16H2,(H,26,27). The van der Waals surface area contributed by atoms with Crippen LogP contribution in [0.3, 0.4) is 0 Å². The topological polar surface area (TPSA) is 37.0 Å². The second-order valence-electron chi connectivity index (χ2n) is 7.36. The first-order valence-corrected chi connectivity index (χ1v) is 9.90. The third kappa shape index (κ3) is 4.45. The van der Waals surface area contributed by atoms with E-state index in [-0.39, 0.29) is 5.82 Å². The van der Waals surface area contributed by atoms with Gasteiger partial charge in [-0.1, -0.05) is 18.2 Å². The van der Waals surface area contributed by atoms with Crippen molar-refractivity contribution in [1.29, 1.82) is 0 Å². The molecule has 1 atom stereocenters. The van der Waals surface area contributed by atoms with Gasteiger partial charge in [0.15, 0.2) is 0 Å². The Bertz CT molecular complexity index is 886. The molecule has 2 aromatic carbocycles. The van der Waals surface area contributed by atoms with Gasteiger partial charge < -0.3 is 10.6 Å². The van der Waals surface area contributed by atoms with Gasteiger partial charge in [-0.15, -0.1) is 0 Å². The average molecular weight is 363 g/mol. The molecule has 140 valence electrons. The molecule has 0 radical (unpaired) electrons. The summed E-state index contributed by atoms with van der Waals surface area (Å²) in [5.74, 6) is 0.583. The predicted molar refractivity (Wildman–Crippen MR) is 110 cm³/mol. The van der Waals surface area contributed by atoms with E-state index >= 15 is 0 Å². The van der Waals surface area contributed by atoms with Gasteiger partial charge in [-0.3, -0.25) is 0 Å². The van der Waals surface area contributed by atoms with Gasteiger partial charge in [-0.2, -0.15) is 0 Å². The van der Waals surface area contributed by atoms with Crippen molar-refractivity contribution in [2.45, 2.75) is 25.7 Å². The third-order valence-corrected chi connectivity index (χ3v) is 5.36. The summed E-state index contributed by atoms with van der Waals surface area (Å²) in [5.41, 5.74) is 3.85. The minimum Gasteiger partial charge on any atom is -0.384 e. The zero-order chi connectivity index (χ0) is 18.5. The molecule has 4 rings (SSSR count). The number of halogens is 1. The van der Waals surface area contributed by atoms with E-state index in [0.717, 1.165) is 53.3 Å². The largest absolute Gasteiger partial charge is 0.384 e. The van der Waals surface area contributed by atoms with Gasteiger partial charge in [-0.05, 0) is 81.1 Å². The minimum absolute atomic E-state index is 0.227. The van der Waals surface area contributed by atoms with Gasteiger partial charge >= 0.3 is 0 Å². The second-order valence-corrected chi connectivity index (χ2v) is 7.36. The van der Waals surface area contributed by atoms with Crippen LogP contribution in [0.5, 0.6) is 0 Å². The van der Waals surface area contributed by atoms with E-state index in [1.807, 2.05) is 18.2 Å². The van der Waals surface area contributed by atoms with Gasteiger partial charge in [0.1, 0.15) is 5.82 Å². The van der Waals surface area contributed by atoms with Crippen molar-refractivity contribution >= 4 is 16.6 Å². The van der Waals surface area contributed by atoms with Crippen molar-refractivity contribution in [3.8, 4) is 11.3 Å². The Morgan fingerprint density at radius 2 is 1.96 bits per heavy atom. The molecule has 1 fully saturated rings. The number of piperidine rings is 1. The molecule has 4 heteroatoms. The Balaban J connectivity index is 1.50. The van der Waals surface area contributed by atoms with E-state index in [2.05, 4.69) is 22.8 Å². The summed E-state index contributed by atoms with van der Waals surface area (Å²) in [5, 5.41) is 8.23. The molecule has 0 spiro atoms. The summed E-state index contributed by atoms with van der Waals surface area (Å²) in [4.78, 5) is 4.77. The molecule has 1 aliphatic heterocycles. The van der Waals surface area contributed by atoms with Crippen molar-refractivity contribution in [2.75, 3.05) is 25.0 Å². The van der Waals surface area contributed by atoms with Crippen LogP contribution in [-0.4, -0.2) is 24.6 Å². The van der Waals surface area contributed by atoms with Crippen molar-refractivity contribution in [3.63, 3.8) is 0 Å². The Hall–Kier alpha value is -2.46. The van der Waals surface area contributed by atoms with Gasteiger partial charge in [0.2, 0.25) is 0 Å². The van der Waals surface area contributed by atoms with Crippen LogP contribution >= 0.6 is 0 Å². The molecule has 0 bridgehead atoms. The summed E-state index contributed by atoms with van der Waals surface area (Å²) < 4.78 is 13.3. The van der Waals surface area contributed by atoms with Crippen molar-refractivity contribution < 1.29 is 4.39 Å². The molecule has 2 heterocycles. The highest BCUT2D eigenvalue weighted by Gasteiger charge is 2.12. The van der Waals surface area contributed by atoms with Crippen LogP contribution in [0.2, 0.25) is 0 Å². The highest BCUT2D eigenvalue weighted by molar-refractivity contribution is 5.93. The van der Waals surface area contributed by atoms with E-state index in [1.165, 1.54) is 37.9 Å². The third-order valence-electron chi connectivity index (χ3n) is 5.36. The molecule has 1 aromatic heterocycles. The smallest absolute Gasteiger partial charge is 0.123 e. The van der Waals surface area contributed by atoms with Crippen LogP contribution in [0, 0.1) is 11.7 Å². The second kappa shape index (κ2) is 8.49. The molecule has 2 N–H and O–H groups in total. The maximum Gasteiger partial charge on any atom is 0.123 e. The Kier molecular flexibility index (Phi) is 5.64. The zero-order valence-corrected chi connectivity index (χ0v) is 15.5. The Labute approximate surface area is 160 Å². The van der Waals surface area contributed by atoms with Gasteiger partial charge in [0, 0.05) is 23.2 Å². The fraction of sp³-hybridized carbons (Fsp3) is 0.348. The van der Waals surface area contributed by atoms with Crippen LogP contribution in [0.15, 0.2) is 54.6 Å². The van der Waals surface area contributed by atoms with Crippen LogP contribution < -0.4 is 10.6 Å². The molecular formula is C23H26FN3. The lowest BCUT2D eigenvalue weighted by molar-refractivity contribution is 0.353. The van der Waals surface area contributed by atoms with Crippen molar-refractivity contribution in [1.82, 2.24) is 10.3 Å². The molecule has 0 amide bonds. The van der Waals surface area contributed by atoms with Crippen LogP contribution in [0.4, 0.5) is 10.1 Å². The van der Waals surface area contributed by atoms with Crippen LogP contribution in [0.25, 0.3) is 22.2 Å². The molecule has 1 unspecified atom stereocenters. The summed E-state index contributed by atoms with van der Waals surface area (Å²) >= 11 is 0. The maximum absolute atomic E-state index is 13.3. The SMILES string of the molecule is Fc1ccc(-c2cc(NCCCC3CCCNC3)c3ccccc3n2)cc1. The van der Waals surface area contributed by atoms with Crippen LogP contribution in [-0.2, 0) is 0 Å². The number of aromatic nitrogens is 1. The van der Waals surface area contributed by atoms with E-state index < -0.39 is 0 Å².